The summed E-state index contributed by atoms with van der Waals surface area (Å²) >= 11 is 0. The standard InChI is InChI=1S/C11H23NO3/c1-4-14-9-6-7-11(13)12(3)8-10-15-5-2/h4-10H2,1-3H3. The molecule has 0 rings (SSSR count). The van der Waals surface area contributed by atoms with Crippen LogP contribution in [0.2, 0.25) is 0 Å². The molecule has 0 spiro atoms. The second kappa shape index (κ2) is 9.93. The zero-order valence-electron chi connectivity index (χ0n) is 10.1. The molecule has 90 valence electrons. The predicted molar refractivity (Wildman–Crippen MR) is 59.9 cm³/mol. The number of hydrogen-bond acceptors (Lipinski definition) is 3. The Labute approximate surface area is 92.5 Å². The molecule has 0 N–H and O–H groups in total. The number of carbonyl (C=O) groups is 1. The Hall–Kier alpha value is -0.610. The fraction of sp³-hybridized carbons (Fsp3) is 0.909. The number of carbonyl (C=O) groups excluding carboxylic acids is 1. The fourth-order valence-electron chi connectivity index (χ4n) is 1.13. The Balaban J connectivity index is 3.42. The van der Waals surface area contributed by atoms with Gasteiger partial charge in [-0.3, -0.25) is 4.79 Å². The van der Waals surface area contributed by atoms with Gasteiger partial charge in [0, 0.05) is 39.8 Å². The first-order chi connectivity index (χ1) is 7.22. The highest BCUT2D eigenvalue weighted by molar-refractivity contribution is 5.75. The van der Waals surface area contributed by atoms with E-state index in [0.29, 0.717) is 39.4 Å². The first-order valence-corrected chi connectivity index (χ1v) is 5.61. The van der Waals surface area contributed by atoms with E-state index in [0.717, 1.165) is 6.42 Å². The molecule has 15 heavy (non-hydrogen) atoms. The second-order valence-electron chi connectivity index (χ2n) is 3.31. The average Bonchev–Trinajstić information content (AvgIpc) is 2.24. The molecule has 0 unspecified atom stereocenters. The Morgan fingerprint density at radius 3 is 2.33 bits per heavy atom. The van der Waals surface area contributed by atoms with Crippen LogP contribution in [-0.4, -0.2) is 50.8 Å². The smallest absolute Gasteiger partial charge is 0.222 e. The summed E-state index contributed by atoms with van der Waals surface area (Å²) < 4.78 is 10.3. The van der Waals surface area contributed by atoms with Crippen molar-refractivity contribution in [1.29, 1.82) is 0 Å². The molecule has 0 fully saturated rings. The minimum absolute atomic E-state index is 0.161. The van der Waals surface area contributed by atoms with Crippen LogP contribution >= 0.6 is 0 Å². The molecule has 0 aliphatic carbocycles. The summed E-state index contributed by atoms with van der Waals surface area (Å²) in [7, 11) is 1.81. The lowest BCUT2D eigenvalue weighted by molar-refractivity contribution is -0.130. The summed E-state index contributed by atoms with van der Waals surface area (Å²) in [5.74, 6) is 0.161. The maximum atomic E-state index is 11.5. The van der Waals surface area contributed by atoms with E-state index >= 15 is 0 Å². The quantitative estimate of drug-likeness (QED) is 0.546. The van der Waals surface area contributed by atoms with E-state index in [1.54, 1.807) is 4.90 Å². The van der Waals surface area contributed by atoms with E-state index in [1.165, 1.54) is 0 Å². The minimum atomic E-state index is 0.161. The van der Waals surface area contributed by atoms with Gasteiger partial charge in [0.1, 0.15) is 0 Å². The van der Waals surface area contributed by atoms with Crippen LogP contribution in [0.15, 0.2) is 0 Å². The van der Waals surface area contributed by atoms with E-state index in [1.807, 2.05) is 20.9 Å². The maximum absolute atomic E-state index is 11.5. The van der Waals surface area contributed by atoms with E-state index < -0.39 is 0 Å². The van der Waals surface area contributed by atoms with Gasteiger partial charge in [-0.2, -0.15) is 0 Å². The van der Waals surface area contributed by atoms with Crippen LogP contribution < -0.4 is 0 Å². The van der Waals surface area contributed by atoms with Gasteiger partial charge in [0.05, 0.1) is 6.61 Å². The van der Waals surface area contributed by atoms with Gasteiger partial charge in [-0.15, -0.1) is 0 Å². The number of nitrogens with zero attached hydrogens (tertiary/aromatic N) is 1. The van der Waals surface area contributed by atoms with Crippen molar-refractivity contribution in [1.82, 2.24) is 4.90 Å². The zero-order chi connectivity index (χ0) is 11.5. The zero-order valence-corrected chi connectivity index (χ0v) is 10.1. The molecule has 1 amide bonds. The molecule has 4 heteroatoms. The molecule has 0 aromatic carbocycles. The van der Waals surface area contributed by atoms with Gasteiger partial charge in [-0.25, -0.2) is 0 Å². The maximum Gasteiger partial charge on any atom is 0.222 e. The number of amides is 1. The van der Waals surface area contributed by atoms with Crippen molar-refractivity contribution in [2.24, 2.45) is 0 Å². The SMILES string of the molecule is CCOCCCC(=O)N(C)CCOCC. The monoisotopic (exact) mass is 217 g/mol. The van der Waals surface area contributed by atoms with Crippen molar-refractivity contribution in [3.63, 3.8) is 0 Å². The van der Waals surface area contributed by atoms with Crippen LogP contribution in [0.25, 0.3) is 0 Å². The van der Waals surface area contributed by atoms with Gasteiger partial charge in [0.2, 0.25) is 5.91 Å². The fourth-order valence-corrected chi connectivity index (χ4v) is 1.13. The van der Waals surface area contributed by atoms with E-state index in [9.17, 15) is 4.79 Å². The highest BCUT2D eigenvalue weighted by atomic mass is 16.5. The lowest BCUT2D eigenvalue weighted by Crippen LogP contribution is -2.30. The molecular weight excluding hydrogens is 194 g/mol. The van der Waals surface area contributed by atoms with Crippen molar-refractivity contribution >= 4 is 5.91 Å². The topological polar surface area (TPSA) is 38.8 Å². The van der Waals surface area contributed by atoms with Crippen LogP contribution in [0.1, 0.15) is 26.7 Å². The molecule has 0 aliphatic rings. The molecule has 0 aromatic rings. The van der Waals surface area contributed by atoms with Gasteiger partial charge >= 0.3 is 0 Å². The molecule has 0 atom stereocenters. The summed E-state index contributed by atoms with van der Waals surface area (Å²) in [4.78, 5) is 13.2. The van der Waals surface area contributed by atoms with Gasteiger partial charge in [-0.1, -0.05) is 0 Å². The molecule has 0 bridgehead atoms. The van der Waals surface area contributed by atoms with E-state index in [4.69, 9.17) is 9.47 Å². The normalized spacial score (nSPS) is 10.3. The summed E-state index contributed by atoms with van der Waals surface area (Å²) in [6.07, 6.45) is 1.36. The number of hydrogen-bond donors (Lipinski definition) is 0. The molecule has 0 saturated carbocycles. The summed E-state index contributed by atoms with van der Waals surface area (Å²) in [6.45, 7) is 7.27. The molecule has 0 heterocycles. The van der Waals surface area contributed by atoms with Crippen LogP contribution in [0.3, 0.4) is 0 Å². The molecule has 4 nitrogen and oxygen atoms in total. The number of rotatable bonds is 9. The largest absolute Gasteiger partial charge is 0.382 e. The third kappa shape index (κ3) is 8.39. The average molecular weight is 217 g/mol. The number of ether oxygens (including phenoxy) is 2. The molecule has 0 aliphatic heterocycles. The van der Waals surface area contributed by atoms with Crippen molar-refractivity contribution in [3.8, 4) is 0 Å². The van der Waals surface area contributed by atoms with Crippen LogP contribution in [0, 0.1) is 0 Å². The highest BCUT2D eigenvalue weighted by Crippen LogP contribution is 1.96. The van der Waals surface area contributed by atoms with Crippen molar-refractivity contribution in [2.45, 2.75) is 26.7 Å². The Kier molecular flexibility index (Phi) is 9.52. The summed E-state index contributed by atoms with van der Waals surface area (Å²) in [6, 6.07) is 0. The van der Waals surface area contributed by atoms with Crippen LogP contribution in [0.5, 0.6) is 0 Å². The Morgan fingerprint density at radius 1 is 1.13 bits per heavy atom. The first-order valence-electron chi connectivity index (χ1n) is 5.61. The van der Waals surface area contributed by atoms with Crippen LogP contribution in [-0.2, 0) is 14.3 Å². The van der Waals surface area contributed by atoms with Crippen molar-refractivity contribution in [2.75, 3.05) is 40.0 Å². The van der Waals surface area contributed by atoms with Gasteiger partial charge in [0.15, 0.2) is 0 Å². The van der Waals surface area contributed by atoms with Crippen LogP contribution in [0.4, 0.5) is 0 Å². The molecular formula is C11H23NO3. The molecule has 0 saturated heterocycles. The van der Waals surface area contributed by atoms with Gasteiger partial charge < -0.3 is 14.4 Å². The first kappa shape index (κ1) is 14.4. The van der Waals surface area contributed by atoms with Crippen molar-refractivity contribution in [3.05, 3.63) is 0 Å². The van der Waals surface area contributed by atoms with Crippen molar-refractivity contribution < 1.29 is 14.3 Å². The van der Waals surface area contributed by atoms with E-state index in [2.05, 4.69) is 0 Å². The summed E-state index contributed by atoms with van der Waals surface area (Å²) in [5.41, 5.74) is 0. The lowest BCUT2D eigenvalue weighted by Gasteiger charge is -2.16. The summed E-state index contributed by atoms with van der Waals surface area (Å²) in [5, 5.41) is 0. The Morgan fingerprint density at radius 2 is 1.73 bits per heavy atom. The predicted octanol–water partition coefficient (Wildman–Crippen LogP) is 1.30. The number of likely N-dealkylation sites (N-methyl/N-ethyl adjacent to an activating group) is 1. The lowest BCUT2D eigenvalue weighted by atomic mass is 10.3. The second-order valence-corrected chi connectivity index (χ2v) is 3.31. The van der Waals surface area contributed by atoms with Gasteiger partial charge in [-0.05, 0) is 20.3 Å². The Bertz CT molecular complexity index is 162. The van der Waals surface area contributed by atoms with Gasteiger partial charge in [0.25, 0.3) is 0 Å². The minimum Gasteiger partial charge on any atom is -0.382 e. The molecule has 0 radical (unpaired) electrons. The van der Waals surface area contributed by atoms with E-state index in [-0.39, 0.29) is 5.91 Å². The highest BCUT2D eigenvalue weighted by Gasteiger charge is 2.07. The third-order valence-corrected chi connectivity index (χ3v) is 2.08. The third-order valence-electron chi connectivity index (χ3n) is 2.08. The molecule has 0 aromatic heterocycles.